The average Bonchev–Trinajstić information content (AvgIpc) is 2.19. The van der Waals surface area contributed by atoms with Crippen molar-refractivity contribution in [1.82, 2.24) is 0 Å². The van der Waals surface area contributed by atoms with Crippen LogP contribution in [-0.2, 0) is 0 Å². The molecule has 1 aliphatic rings. The Bertz CT molecular complexity index is 379. The number of hydrogen-bond donors (Lipinski definition) is 0. The van der Waals surface area contributed by atoms with E-state index in [-0.39, 0.29) is 5.75 Å². The molecule has 16 heavy (non-hydrogen) atoms. The van der Waals surface area contributed by atoms with Crippen molar-refractivity contribution < 1.29 is 13.9 Å². The summed E-state index contributed by atoms with van der Waals surface area (Å²) in [5.74, 6) is 0.269. The minimum absolute atomic E-state index is 0.206. The molecule has 0 aliphatic heterocycles. The first kappa shape index (κ1) is 11.6. The molecule has 0 saturated heterocycles. The van der Waals surface area contributed by atoms with Crippen LogP contribution >= 0.6 is 15.9 Å². The van der Waals surface area contributed by atoms with Crippen LogP contribution in [-0.4, -0.2) is 12.9 Å². The Morgan fingerprint density at radius 1 is 1.50 bits per heavy atom. The maximum atomic E-state index is 13.6. The molecule has 1 aromatic carbocycles. The van der Waals surface area contributed by atoms with Gasteiger partial charge in [0, 0.05) is 5.56 Å². The molecule has 1 aliphatic carbocycles. The number of benzene rings is 1. The van der Waals surface area contributed by atoms with Crippen molar-refractivity contribution in [2.24, 2.45) is 5.92 Å². The molecular weight excluding hydrogens is 275 g/mol. The largest absolute Gasteiger partial charge is 0.489 e. The predicted octanol–water partition coefficient (Wildman–Crippen LogP) is 3.58. The maximum absolute atomic E-state index is 13.6. The number of carbonyl (C=O) groups excluding carboxylic acids is 1. The van der Waals surface area contributed by atoms with Gasteiger partial charge in [0.25, 0.3) is 0 Å². The van der Waals surface area contributed by atoms with Gasteiger partial charge < -0.3 is 4.74 Å². The van der Waals surface area contributed by atoms with Gasteiger partial charge in [0.05, 0.1) is 11.1 Å². The highest BCUT2D eigenvalue weighted by molar-refractivity contribution is 9.10. The summed E-state index contributed by atoms with van der Waals surface area (Å²) in [4.78, 5) is 10.5. The lowest BCUT2D eigenvalue weighted by molar-refractivity contribution is 0.112. The van der Waals surface area contributed by atoms with Gasteiger partial charge in [-0.05, 0) is 46.8 Å². The summed E-state index contributed by atoms with van der Waals surface area (Å²) in [5, 5.41) is 0. The Morgan fingerprint density at radius 3 is 2.75 bits per heavy atom. The van der Waals surface area contributed by atoms with E-state index in [1.54, 1.807) is 6.07 Å². The van der Waals surface area contributed by atoms with E-state index in [1.807, 2.05) is 0 Å². The SMILES string of the molecule is O=Cc1cc(F)c(OCC2CCC2)c(Br)c1. The van der Waals surface area contributed by atoms with Gasteiger partial charge in [-0.3, -0.25) is 4.79 Å². The minimum Gasteiger partial charge on any atom is -0.489 e. The van der Waals surface area contributed by atoms with Crippen molar-refractivity contribution in [3.63, 3.8) is 0 Å². The molecule has 0 bridgehead atoms. The molecular formula is C12H12BrFO2. The normalized spacial score (nSPS) is 15.6. The molecule has 1 aromatic rings. The van der Waals surface area contributed by atoms with Crippen LogP contribution in [0.15, 0.2) is 16.6 Å². The van der Waals surface area contributed by atoms with E-state index in [1.165, 1.54) is 12.5 Å². The van der Waals surface area contributed by atoms with Crippen LogP contribution in [0.2, 0.25) is 0 Å². The second kappa shape index (κ2) is 4.95. The second-order valence-corrected chi connectivity index (χ2v) is 4.89. The molecule has 0 heterocycles. The van der Waals surface area contributed by atoms with Crippen molar-refractivity contribution in [2.45, 2.75) is 19.3 Å². The molecule has 0 radical (unpaired) electrons. The standard InChI is InChI=1S/C12H12BrFO2/c13-10-4-9(6-15)5-11(14)12(10)16-7-8-2-1-3-8/h4-6,8H,1-3,7H2. The molecule has 0 N–H and O–H groups in total. The predicted molar refractivity (Wildman–Crippen MR) is 62.3 cm³/mol. The van der Waals surface area contributed by atoms with E-state index in [2.05, 4.69) is 15.9 Å². The number of halogens is 2. The number of carbonyl (C=O) groups is 1. The third kappa shape index (κ3) is 2.43. The number of aldehydes is 1. The van der Waals surface area contributed by atoms with E-state index in [4.69, 9.17) is 4.74 Å². The van der Waals surface area contributed by atoms with Gasteiger partial charge in [0.2, 0.25) is 0 Å². The molecule has 2 rings (SSSR count). The second-order valence-electron chi connectivity index (χ2n) is 4.04. The Hall–Kier alpha value is -0.900. The molecule has 1 saturated carbocycles. The van der Waals surface area contributed by atoms with Gasteiger partial charge in [0.15, 0.2) is 11.6 Å². The molecule has 0 amide bonds. The minimum atomic E-state index is -0.490. The zero-order chi connectivity index (χ0) is 11.5. The van der Waals surface area contributed by atoms with E-state index >= 15 is 0 Å². The van der Waals surface area contributed by atoms with Crippen LogP contribution < -0.4 is 4.74 Å². The lowest BCUT2D eigenvalue weighted by atomic mass is 9.86. The van der Waals surface area contributed by atoms with Gasteiger partial charge in [-0.25, -0.2) is 4.39 Å². The van der Waals surface area contributed by atoms with Gasteiger partial charge in [-0.1, -0.05) is 6.42 Å². The van der Waals surface area contributed by atoms with Crippen molar-refractivity contribution in [2.75, 3.05) is 6.61 Å². The first-order chi connectivity index (χ1) is 7.70. The van der Waals surface area contributed by atoms with Crippen LogP contribution in [0.25, 0.3) is 0 Å². The van der Waals surface area contributed by atoms with Gasteiger partial charge in [-0.15, -0.1) is 0 Å². The van der Waals surface area contributed by atoms with Crippen molar-refractivity contribution in [3.05, 3.63) is 28.0 Å². The molecule has 1 fully saturated rings. The van der Waals surface area contributed by atoms with Gasteiger partial charge >= 0.3 is 0 Å². The summed E-state index contributed by atoms with van der Waals surface area (Å²) >= 11 is 3.20. The fourth-order valence-electron chi connectivity index (χ4n) is 1.65. The first-order valence-corrected chi connectivity index (χ1v) is 6.07. The molecule has 4 heteroatoms. The van der Waals surface area contributed by atoms with E-state index in [0.717, 1.165) is 12.8 Å². The summed E-state index contributed by atoms with van der Waals surface area (Å²) in [6, 6.07) is 2.75. The third-order valence-corrected chi connectivity index (χ3v) is 3.43. The highest BCUT2D eigenvalue weighted by Crippen LogP contribution is 2.32. The van der Waals surface area contributed by atoms with Crippen LogP contribution in [0, 0.1) is 11.7 Å². The van der Waals surface area contributed by atoms with Crippen molar-refractivity contribution in [3.8, 4) is 5.75 Å². The quantitative estimate of drug-likeness (QED) is 0.791. The fraction of sp³-hybridized carbons (Fsp3) is 0.417. The first-order valence-electron chi connectivity index (χ1n) is 5.27. The zero-order valence-corrected chi connectivity index (χ0v) is 10.3. The van der Waals surface area contributed by atoms with E-state index in [0.29, 0.717) is 28.8 Å². The van der Waals surface area contributed by atoms with Crippen molar-refractivity contribution >= 4 is 22.2 Å². The summed E-state index contributed by atoms with van der Waals surface area (Å²) in [6.45, 7) is 0.552. The molecule has 86 valence electrons. The molecule has 0 atom stereocenters. The van der Waals surface area contributed by atoms with E-state index < -0.39 is 5.82 Å². The van der Waals surface area contributed by atoms with Crippen LogP contribution in [0.4, 0.5) is 4.39 Å². The van der Waals surface area contributed by atoms with Crippen molar-refractivity contribution in [1.29, 1.82) is 0 Å². The summed E-state index contributed by atoms with van der Waals surface area (Å²) in [6.07, 6.45) is 4.17. The average molecular weight is 287 g/mol. The van der Waals surface area contributed by atoms with Crippen LogP contribution in [0.5, 0.6) is 5.75 Å². The summed E-state index contributed by atoms with van der Waals surface area (Å²) in [7, 11) is 0. The smallest absolute Gasteiger partial charge is 0.169 e. The Balaban J connectivity index is 2.09. The highest BCUT2D eigenvalue weighted by atomic mass is 79.9. The molecule has 2 nitrogen and oxygen atoms in total. The topological polar surface area (TPSA) is 26.3 Å². The fourth-order valence-corrected chi connectivity index (χ4v) is 2.21. The molecule has 0 unspecified atom stereocenters. The number of rotatable bonds is 4. The summed E-state index contributed by atoms with van der Waals surface area (Å²) in [5.41, 5.74) is 0.306. The van der Waals surface area contributed by atoms with Gasteiger partial charge in [-0.2, -0.15) is 0 Å². The van der Waals surface area contributed by atoms with Crippen LogP contribution in [0.1, 0.15) is 29.6 Å². The number of hydrogen-bond acceptors (Lipinski definition) is 2. The molecule has 0 aromatic heterocycles. The van der Waals surface area contributed by atoms with Crippen LogP contribution in [0.3, 0.4) is 0 Å². The Labute approximate surface area is 102 Å². The zero-order valence-electron chi connectivity index (χ0n) is 8.71. The Kier molecular flexibility index (Phi) is 3.59. The van der Waals surface area contributed by atoms with E-state index in [9.17, 15) is 9.18 Å². The summed E-state index contributed by atoms with van der Waals surface area (Å²) < 4.78 is 19.5. The molecule has 0 spiro atoms. The maximum Gasteiger partial charge on any atom is 0.169 e. The third-order valence-electron chi connectivity index (χ3n) is 2.84. The van der Waals surface area contributed by atoms with Gasteiger partial charge in [0.1, 0.15) is 6.29 Å². The highest BCUT2D eigenvalue weighted by Gasteiger charge is 2.19. The Morgan fingerprint density at radius 2 is 2.25 bits per heavy atom. The lowest BCUT2D eigenvalue weighted by Gasteiger charge is -2.25. The number of ether oxygens (including phenoxy) is 1. The lowest BCUT2D eigenvalue weighted by Crippen LogP contribution is -2.19. The monoisotopic (exact) mass is 286 g/mol.